The number of ether oxygens (including phenoxy) is 1. The summed E-state index contributed by atoms with van der Waals surface area (Å²) in [4.78, 5) is 13.4. The lowest BCUT2D eigenvalue weighted by Crippen LogP contribution is -2.35. The fraction of sp³-hybridized carbons (Fsp3) is 0.533. The van der Waals surface area contributed by atoms with Gasteiger partial charge < -0.3 is 4.74 Å². The fourth-order valence-electron chi connectivity index (χ4n) is 2.55. The van der Waals surface area contributed by atoms with E-state index in [-0.39, 0.29) is 5.82 Å². The number of ketones is 1. The molecule has 0 heterocycles. The first-order valence-corrected chi connectivity index (χ1v) is 6.64. The number of methoxy groups -OCH3 is 1. The van der Waals surface area contributed by atoms with Crippen LogP contribution in [0.1, 0.15) is 31.2 Å². The quantitative estimate of drug-likeness (QED) is 0.838. The highest BCUT2D eigenvalue weighted by molar-refractivity contribution is 5.79. The van der Waals surface area contributed by atoms with Crippen molar-refractivity contribution in [2.45, 2.75) is 38.3 Å². The predicted molar refractivity (Wildman–Crippen MR) is 71.7 cm³/mol. The van der Waals surface area contributed by atoms with Gasteiger partial charge in [-0.25, -0.2) is 4.39 Å². The maximum atomic E-state index is 13.9. The van der Waals surface area contributed by atoms with E-state index in [1.165, 1.54) is 13.2 Å². The Balaban J connectivity index is 1.98. The second-order valence-corrected chi connectivity index (χ2v) is 5.14. The lowest BCUT2D eigenvalue weighted by atomic mass is 9.93. The molecule has 4 heteroatoms. The highest BCUT2D eigenvalue weighted by Gasteiger charge is 2.22. The molecule has 0 spiro atoms. The second-order valence-electron chi connectivity index (χ2n) is 5.14. The van der Waals surface area contributed by atoms with E-state index < -0.39 is 0 Å². The molecule has 1 aromatic rings. The molecule has 0 radical (unpaired) electrons. The first-order valence-electron chi connectivity index (χ1n) is 6.64. The first kappa shape index (κ1) is 14.0. The summed E-state index contributed by atoms with van der Waals surface area (Å²) in [5.41, 5.74) is 0.667. The molecule has 0 unspecified atom stereocenters. The van der Waals surface area contributed by atoms with Crippen LogP contribution in [0.3, 0.4) is 0 Å². The standard InChI is InChI=1S/C15H20FNO2/c1-17(12-4-6-13(18)7-5-12)10-11-3-8-14(19-2)9-15(11)16/h3,8-9,12H,4-7,10H2,1-2H3. The van der Waals surface area contributed by atoms with E-state index in [2.05, 4.69) is 4.90 Å². The Morgan fingerprint density at radius 3 is 2.63 bits per heavy atom. The summed E-state index contributed by atoms with van der Waals surface area (Å²) in [5, 5.41) is 0. The van der Waals surface area contributed by atoms with E-state index in [9.17, 15) is 9.18 Å². The summed E-state index contributed by atoms with van der Waals surface area (Å²) in [6, 6.07) is 5.32. The average Bonchev–Trinajstić information content (AvgIpc) is 2.41. The molecule has 19 heavy (non-hydrogen) atoms. The molecule has 3 nitrogen and oxygen atoms in total. The average molecular weight is 265 g/mol. The molecule has 0 amide bonds. The van der Waals surface area contributed by atoms with Gasteiger partial charge in [-0.2, -0.15) is 0 Å². The van der Waals surface area contributed by atoms with Gasteiger partial charge in [0.2, 0.25) is 0 Å². The first-order chi connectivity index (χ1) is 9.10. The van der Waals surface area contributed by atoms with Crippen molar-refractivity contribution in [3.05, 3.63) is 29.6 Å². The predicted octanol–water partition coefficient (Wildman–Crippen LogP) is 2.78. The van der Waals surface area contributed by atoms with E-state index in [0.717, 1.165) is 12.8 Å². The Labute approximate surface area is 113 Å². The third-order valence-corrected chi connectivity index (χ3v) is 3.82. The summed E-state index contributed by atoms with van der Waals surface area (Å²) in [7, 11) is 3.52. The van der Waals surface area contributed by atoms with E-state index in [0.29, 0.717) is 42.5 Å². The summed E-state index contributed by atoms with van der Waals surface area (Å²) in [5.74, 6) is 0.644. The van der Waals surface area contributed by atoms with Crippen LogP contribution in [0.5, 0.6) is 5.75 Å². The molecule has 0 atom stereocenters. The van der Waals surface area contributed by atoms with Gasteiger partial charge in [-0.1, -0.05) is 6.07 Å². The minimum atomic E-state index is -0.238. The number of hydrogen-bond acceptors (Lipinski definition) is 3. The van der Waals surface area contributed by atoms with Crippen molar-refractivity contribution in [3.8, 4) is 5.75 Å². The minimum absolute atomic E-state index is 0.238. The molecule has 0 saturated heterocycles. The molecule has 2 rings (SSSR count). The number of rotatable bonds is 4. The fourth-order valence-corrected chi connectivity index (χ4v) is 2.55. The molecule has 1 aliphatic carbocycles. The van der Waals surface area contributed by atoms with Crippen molar-refractivity contribution in [1.82, 2.24) is 4.90 Å². The lowest BCUT2D eigenvalue weighted by Gasteiger charge is -2.30. The molecule has 104 valence electrons. The van der Waals surface area contributed by atoms with E-state index >= 15 is 0 Å². The summed E-state index contributed by atoms with van der Waals surface area (Å²) < 4.78 is 18.9. The van der Waals surface area contributed by atoms with Crippen molar-refractivity contribution in [1.29, 1.82) is 0 Å². The van der Waals surface area contributed by atoms with Crippen LogP contribution >= 0.6 is 0 Å². The van der Waals surface area contributed by atoms with Crippen LogP contribution in [0.4, 0.5) is 4.39 Å². The minimum Gasteiger partial charge on any atom is -0.497 e. The number of carbonyl (C=O) groups excluding carboxylic acids is 1. The normalized spacial score (nSPS) is 16.9. The van der Waals surface area contributed by atoms with Crippen molar-refractivity contribution in [2.24, 2.45) is 0 Å². The highest BCUT2D eigenvalue weighted by Crippen LogP contribution is 2.23. The molecule has 0 N–H and O–H groups in total. The zero-order valence-corrected chi connectivity index (χ0v) is 11.5. The van der Waals surface area contributed by atoms with Gasteiger partial charge in [0.1, 0.15) is 17.3 Å². The van der Waals surface area contributed by atoms with Gasteiger partial charge in [-0.3, -0.25) is 9.69 Å². The maximum Gasteiger partial charge on any atom is 0.133 e. The number of Topliss-reactive ketones (excluding diaryl/α,β-unsaturated/α-hetero) is 1. The van der Waals surface area contributed by atoms with Gasteiger partial charge in [0.05, 0.1) is 7.11 Å². The Kier molecular flexibility index (Phi) is 4.53. The third kappa shape index (κ3) is 3.53. The summed E-state index contributed by atoms with van der Waals surface area (Å²) in [6.07, 6.45) is 3.07. The highest BCUT2D eigenvalue weighted by atomic mass is 19.1. The van der Waals surface area contributed by atoms with E-state index in [1.807, 2.05) is 7.05 Å². The largest absolute Gasteiger partial charge is 0.497 e. The van der Waals surface area contributed by atoms with Crippen LogP contribution in [0.2, 0.25) is 0 Å². The molecule has 1 aromatic carbocycles. The smallest absolute Gasteiger partial charge is 0.133 e. The molecule has 1 saturated carbocycles. The van der Waals surface area contributed by atoms with Gasteiger partial charge >= 0.3 is 0 Å². The van der Waals surface area contributed by atoms with Gasteiger partial charge in [0, 0.05) is 37.1 Å². The zero-order valence-electron chi connectivity index (χ0n) is 11.5. The number of nitrogens with zero attached hydrogens (tertiary/aromatic N) is 1. The van der Waals surface area contributed by atoms with Crippen molar-refractivity contribution in [3.63, 3.8) is 0 Å². The molecule has 1 aliphatic rings. The second kappa shape index (κ2) is 6.15. The zero-order chi connectivity index (χ0) is 13.8. The topological polar surface area (TPSA) is 29.5 Å². The monoisotopic (exact) mass is 265 g/mol. The van der Waals surface area contributed by atoms with Gasteiger partial charge in [0.25, 0.3) is 0 Å². The Morgan fingerprint density at radius 2 is 2.05 bits per heavy atom. The number of halogens is 1. The molecule has 0 aliphatic heterocycles. The van der Waals surface area contributed by atoms with Crippen LogP contribution in [-0.2, 0) is 11.3 Å². The molecule has 0 bridgehead atoms. The lowest BCUT2D eigenvalue weighted by molar-refractivity contribution is -0.121. The Morgan fingerprint density at radius 1 is 1.37 bits per heavy atom. The summed E-state index contributed by atoms with van der Waals surface area (Å²) in [6.45, 7) is 0.564. The van der Waals surface area contributed by atoms with Crippen molar-refractivity contribution >= 4 is 5.78 Å². The number of hydrogen-bond donors (Lipinski definition) is 0. The van der Waals surface area contributed by atoms with E-state index in [1.54, 1.807) is 12.1 Å². The van der Waals surface area contributed by atoms with Crippen molar-refractivity contribution in [2.75, 3.05) is 14.2 Å². The third-order valence-electron chi connectivity index (χ3n) is 3.82. The van der Waals surface area contributed by atoms with Crippen LogP contribution in [0.25, 0.3) is 0 Å². The van der Waals surface area contributed by atoms with Gasteiger partial charge in [-0.15, -0.1) is 0 Å². The number of carbonyl (C=O) groups is 1. The van der Waals surface area contributed by atoms with Crippen LogP contribution < -0.4 is 4.74 Å². The Hall–Kier alpha value is -1.42. The maximum absolute atomic E-state index is 13.9. The number of benzene rings is 1. The molecular weight excluding hydrogens is 245 g/mol. The van der Waals surface area contributed by atoms with Gasteiger partial charge in [0.15, 0.2) is 0 Å². The van der Waals surface area contributed by atoms with E-state index in [4.69, 9.17) is 4.74 Å². The molecular formula is C15H20FNO2. The van der Waals surface area contributed by atoms with Crippen LogP contribution in [0.15, 0.2) is 18.2 Å². The SMILES string of the molecule is COc1ccc(CN(C)C2CCC(=O)CC2)c(F)c1. The van der Waals surface area contributed by atoms with Gasteiger partial charge in [-0.05, 0) is 26.0 Å². The Bertz CT molecular complexity index is 451. The molecule has 1 fully saturated rings. The summed E-state index contributed by atoms with van der Waals surface area (Å²) >= 11 is 0. The van der Waals surface area contributed by atoms with Crippen LogP contribution in [0, 0.1) is 5.82 Å². The van der Waals surface area contributed by atoms with Crippen LogP contribution in [-0.4, -0.2) is 30.9 Å². The van der Waals surface area contributed by atoms with Crippen molar-refractivity contribution < 1.29 is 13.9 Å². The molecule has 0 aromatic heterocycles.